The minimum Gasteiger partial charge on any atom is -0.409 e. The third-order valence-corrected chi connectivity index (χ3v) is 5.02. The molecule has 1 saturated carbocycles. The molecule has 2 rings (SSSR count). The van der Waals surface area contributed by atoms with Crippen LogP contribution in [-0.2, 0) is 0 Å². The van der Waals surface area contributed by atoms with E-state index in [0.29, 0.717) is 22.2 Å². The number of anilines is 1. The summed E-state index contributed by atoms with van der Waals surface area (Å²) in [5.74, 6) is 2.02. The van der Waals surface area contributed by atoms with E-state index < -0.39 is 0 Å². The third-order valence-electron chi connectivity index (χ3n) is 4.79. The second kappa shape index (κ2) is 7.36. The van der Waals surface area contributed by atoms with Crippen molar-refractivity contribution in [3.8, 4) is 0 Å². The minimum atomic E-state index is 0.401. The molecule has 1 aromatic rings. The van der Waals surface area contributed by atoms with E-state index in [-0.39, 0.29) is 0 Å². The first-order valence-electron chi connectivity index (χ1n) is 8.12. The van der Waals surface area contributed by atoms with Crippen molar-refractivity contribution in [2.75, 3.05) is 5.32 Å². The molecule has 0 aliphatic heterocycles. The zero-order valence-electron chi connectivity index (χ0n) is 13.8. The second-order valence-electron chi connectivity index (χ2n) is 7.47. The van der Waals surface area contributed by atoms with Crippen LogP contribution in [0, 0.1) is 17.3 Å². The third kappa shape index (κ3) is 4.91. The molecule has 0 saturated heterocycles. The molecule has 0 atom stereocenters. The van der Waals surface area contributed by atoms with E-state index in [9.17, 15) is 5.21 Å². The van der Waals surface area contributed by atoms with Crippen molar-refractivity contribution in [3.63, 3.8) is 0 Å². The normalized spacial score (nSPS) is 23.4. The summed E-state index contributed by atoms with van der Waals surface area (Å²) < 4.78 is 0. The van der Waals surface area contributed by atoms with Crippen molar-refractivity contribution in [2.45, 2.75) is 52.9 Å². The lowest BCUT2D eigenvalue weighted by atomic mass is 9.69. The number of hydrogen-bond donors (Lipinski definition) is 2. The van der Waals surface area contributed by atoms with Crippen molar-refractivity contribution < 1.29 is 5.21 Å². The van der Waals surface area contributed by atoms with E-state index in [1.165, 1.54) is 25.7 Å². The standard InChI is InChI=1S/C18H27ClN2O/c1-18(2,3)14-9-7-13(8-10-14)11-17(21-22)20-16-6-4-5-15(19)12-16/h4-6,12-14,22H,7-11H2,1-3H3,(H,20,21). The second-order valence-corrected chi connectivity index (χ2v) is 7.91. The Morgan fingerprint density at radius 1 is 1.27 bits per heavy atom. The summed E-state index contributed by atoms with van der Waals surface area (Å²) in [5, 5.41) is 16.5. The zero-order valence-corrected chi connectivity index (χ0v) is 14.5. The summed E-state index contributed by atoms with van der Waals surface area (Å²) in [7, 11) is 0. The Kier molecular flexibility index (Phi) is 5.74. The predicted octanol–water partition coefficient (Wildman–Crippen LogP) is 5.78. The number of nitrogens with zero attached hydrogens (tertiary/aromatic N) is 1. The molecule has 0 aromatic heterocycles. The van der Waals surface area contributed by atoms with E-state index in [2.05, 4.69) is 31.2 Å². The van der Waals surface area contributed by atoms with Crippen LogP contribution in [0.15, 0.2) is 29.4 Å². The molecule has 1 aromatic carbocycles. The summed E-state index contributed by atoms with van der Waals surface area (Å²) in [6.07, 6.45) is 5.74. The van der Waals surface area contributed by atoms with Crippen molar-refractivity contribution in [1.82, 2.24) is 0 Å². The van der Waals surface area contributed by atoms with Gasteiger partial charge in [-0.1, -0.05) is 43.6 Å². The van der Waals surface area contributed by atoms with Gasteiger partial charge in [0, 0.05) is 17.1 Å². The molecule has 0 radical (unpaired) electrons. The Balaban J connectivity index is 1.87. The maximum atomic E-state index is 9.26. The molecule has 1 aliphatic rings. The number of rotatable bonds is 3. The van der Waals surface area contributed by atoms with Crippen LogP contribution in [0.4, 0.5) is 5.69 Å². The number of amidine groups is 1. The largest absolute Gasteiger partial charge is 0.409 e. The zero-order chi connectivity index (χ0) is 16.2. The highest BCUT2D eigenvalue weighted by molar-refractivity contribution is 6.30. The monoisotopic (exact) mass is 322 g/mol. The van der Waals surface area contributed by atoms with E-state index in [1.807, 2.05) is 24.3 Å². The van der Waals surface area contributed by atoms with Crippen LogP contribution in [0.5, 0.6) is 0 Å². The average molecular weight is 323 g/mol. The topological polar surface area (TPSA) is 44.6 Å². The highest BCUT2D eigenvalue weighted by Gasteiger charge is 2.30. The van der Waals surface area contributed by atoms with Gasteiger partial charge in [-0.25, -0.2) is 0 Å². The van der Waals surface area contributed by atoms with Gasteiger partial charge in [0.15, 0.2) is 0 Å². The Morgan fingerprint density at radius 3 is 2.50 bits per heavy atom. The van der Waals surface area contributed by atoms with Gasteiger partial charge in [0.2, 0.25) is 0 Å². The van der Waals surface area contributed by atoms with Crippen molar-refractivity contribution in [3.05, 3.63) is 29.3 Å². The van der Waals surface area contributed by atoms with Crippen molar-refractivity contribution >= 4 is 23.1 Å². The lowest BCUT2D eigenvalue weighted by Gasteiger charge is -2.37. The first-order chi connectivity index (χ1) is 10.4. The fourth-order valence-corrected chi connectivity index (χ4v) is 3.55. The van der Waals surface area contributed by atoms with E-state index in [1.54, 1.807) is 0 Å². The summed E-state index contributed by atoms with van der Waals surface area (Å²) >= 11 is 5.98. The van der Waals surface area contributed by atoms with Crippen LogP contribution in [0.2, 0.25) is 5.02 Å². The van der Waals surface area contributed by atoms with Crippen LogP contribution < -0.4 is 5.32 Å². The number of nitrogens with one attached hydrogen (secondary N) is 1. The predicted molar refractivity (Wildman–Crippen MR) is 93.8 cm³/mol. The van der Waals surface area contributed by atoms with E-state index in [0.717, 1.165) is 18.0 Å². The smallest absolute Gasteiger partial charge is 0.146 e. The average Bonchev–Trinajstić information content (AvgIpc) is 2.46. The molecule has 3 nitrogen and oxygen atoms in total. The molecular weight excluding hydrogens is 296 g/mol. The highest BCUT2D eigenvalue weighted by Crippen LogP contribution is 2.40. The van der Waals surface area contributed by atoms with Crippen LogP contribution in [0.25, 0.3) is 0 Å². The first kappa shape index (κ1) is 17.1. The number of benzene rings is 1. The molecule has 2 N–H and O–H groups in total. The molecule has 22 heavy (non-hydrogen) atoms. The Hall–Kier alpha value is -1.22. The van der Waals surface area contributed by atoms with Crippen LogP contribution in [0.3, 0.4) is 0 Å². The molecule has 1 fully saturated rings. The maximum absolute atomic E-state index is 9.26. The molecule has 0 bridgehead atoms. The fourth-order valence-electron chi connectivity index (χ4n) is 3.36. The summed E-state index contributed by atoms with van der Waals surface area (Å²) in [4.78, 5) is 0. The van der Waals surface area contributed by atoms with Crippen molar-refractivity contribution in [2.24, 2.45) is 22.4 Å². The molecule has 0 spiro atoms. The Morgan fingerprint density at radius 2 is 1.95 bits per heavy atom. The number of oxime groups is 1. The molecule has 1 aliphatic carbocycles. The van der Waals surface area contributed by atoms with Gasteiger partial charge in [0.1, 0.15) is 5.84 Å². The van der Waals surface area contributed by atoms with Gasteiger partial charge in [0.25, 0.3) is 0 Å². The summed E-state index contributed by atoms with van der Waals surface area (Å²) in [6, 6.07) is 7.47. The summed E-state index contributed by atoms with van der Waals surface area (Å²) in [5.41, 5.74) is 1.27. The van der Waals surface area contributed by atoms with Gasteiger partial charge in [0.05, 0.1) is 0 Å². The van der Waals surface area contributed by atoms with Crippen molar-refractivity contribution in [1.29, 1.82) is 0 Å². The van der Waals surface area contributed by atoms with Crippen LogP contribution in [-0.4, -0.2) is 11.0 Å². The summed E-state index contributed by atoms with van der Waals surface area (Å²) in [6.45, 7) is 7.00. The number of hydrogen-bond acceptors (Lipinski definition) is 2. The van der Waals surface area contributed by atoms with Crippen LogP contribution in [0.1, 0.15) is 52.9 Å². The van der Waals surface area contributed by atoms with E-state index >= 15 is 0 Å². The fraction of sp³-hybridized carbons (Fsp3) is 0.611. The van der Waals surface area contributed by atoms with Gasteiger partial charge in [-0.3, -0.25) is 0 Å². The molecule has 122 valence electrons. The molecule has 0 unspecified atom stereocenters. The van der Waals surface area contributed by atoms with Gasteiger partial charge >= 0.3 is 0 Å². The van der Waals surface area contributed by atoms with Gasteiger partial charge in [-0.15, -0.1) is 0 Å². The van der Waals surface area contributed by atoms with Crippen LogP contribution >= 0.6 is 11.6 Å². The molecule has 0 heterocycles. The van der Waals surface area contributed by atoms with Gasteiger partial charge < -0.3 is 10.5 Å². The SMILES string of the molecule is CC(C)(C)C1CCC(C/C(=N\O)Nc2cccc(Cl)c2)CC1. The minimum absolute atomic E-state index is 0.401. The molecular formula is C18H27ClN2O. The lowest BCUT2D eigenvalue weighted by molar-refractivity contribution is 0.152. The maximum Gasteiger partial charge on any atom is 0.146 e. The molecule has 4 heteroatoms. The van der Waals surface area contributed by atoms with E-state index in [4.69, 9.17) is 11.6 Å². The number of halogens is 1. The lowest BCUT2D eigenvalue weighted by Crippen LogP contribution is -2.27. The highest BCUT2D eigenvalue weighted by atomic mass is 35.5. The molecule has 0 amide bonds. The Labute approximate surface area is 138 Å². The first-order valence-corrected chi connectivity index (χ1v) is 8.50. The van der Waals surface area contributed by atoms with Gasteiger partial charge in [-0.2, -0.15) is 0 Å². The Bertz CT molecular complexity index is 514. The van der Waals surface area contributed by atoms with Gasteiger partial charge in [-0.05, 0) is 61.1 Å². The quantitative estimate of drug-likeness (QED) is 0.320.